The molecule has 3 heterocycles. The molecule has 4 aromatic carbocycles. The number of imidazole rings is 2. The highest BCUT2D eigenvalue weighted by Gasteiger charge is 2.22. The average molecular weight is 575 g/mol. The topological polar surface area (TPSA) is 76.0 Å². The van der Waals surface area contributed by atoms with E-state index in [0.29, 0.717) is 11.4 Å². The molecule has 1 aliphatic heterocycles. The minimum Gasteiger partial charge on any atom is -0.490 e. The van der Waals surface area contributed by atoms with Crippen molar-refractivity contribution in [3.05, 3.63) is 119 Å². The van der Waals surface area contributed by atoms with Gasteiger partial charge in [-0.25, -0.2) is 4.98 Å². The molecule has 0 saturated carbocycles. The van der Waals surface area contributed by atoms with Crippen molar-refractivity contribution in [2.24, 2.45) is 0 Å². The zero-order valence-electron chi connectivity index (χ0n) is 23.4. The lowest BCUT2D eigenvalue weighted by Gasteiger charge is -2.36. The Hall–Kier alpha value is -4.40. The number of aromatic nitrogens is 4. The predicted octanol–water partition coefficient (Wildman–Crippen LogP) is 6.68. The summed E-state index contributed by atoms with van der Waals surface area (Å²) in [6, 6.07) is 33.9. The second-order valence-corrected chi connectivity index (χ2v) is 11.3. The van der Waals surface area contributed by atoms with Crippen molar-refractivity contribution in [3.8, 4) is 5.75 Å². The molecule has 0 radical (unpaired) electrons. The van der Waals surface area contributed by atoms with Crippen LogP contribution in [-0.2, 0) is 6.42 Å². The Kier molecular flexibility index (Phi) is 7.47. The summed E-state index contributed by atoms with van der Waals surface area (Å²) in [5, 5.41) is 0. The minimum atomic E-state index is 0.239. The maximum Gasteiger partial charge on any atom is 0.175 e. The van der Waals surface area contributed by atoms with Crippen molar-refractivity contribution in [1.82, 2.24) is 24.8 Å². The first-order valence-corrected chi connectivity index (χ1v) is 15.0. The van der Waals surface area contributed by atoms with Crippen LogP contribution in [0.5, 0.6) is 5.75 Å². The summed E-state index contributed by atoms with van der Waals surface area (Å²) in [6.45, 7) is 5.40. The van der Waals surface area contributed by atoms with Gasteiger partial charge in [-0.15, -0.1) is 0 Å². The molecular formula is C34H34N6OS. The molecule has 0 bridgehead atoms. The van der Waals surface area contributed by atoms with Gasteiger partial charge in [0.05, 0.1) is 16.7 Å². The predicted molar refractivity (Wildman–Crippen MR) is 172 cm³/mol. The summed E-state index contributed by atoms with van der Waals surface area (Å²) in [7, 11) is 0. The molecule has 0 unspecified atom stereocenters. The fourth-order valence-electron chi connectivity index (χ4n) is 6.06. The smallest absolute Gasteiger partial charge is 0.175 e. The Balaban J connectivity index is 1.02. The van der Waals surface area contributed by atoms with Crippen LogP contribution in [0.25, 0.3) is 22.1 Å². The summed E-state index contributed by atoms with van der Waals surface area (Å²) in [6.07, 6.45) is 0.817. The molecule has 42 heavy (non-hydrogen) atoms. The Morgan fingerprint density at radius 1 is 0.738 bits per heavy atom. The molecule has 0 spiro atoms. The largest absolute Gasteiger partial charge is 0.490 e. The van der Waals surface area contributed by atoms with E-state index in [4.69, 9.17) is 21.9 Å². The highest BCUT2D eigenvalue weighted by Crippen LogP contribution is 2.31. The number of hydrogen-bond donors (Lipinski definition) is 3. The molecule has 0 atom stereocenters. The van der Waals surface area contributed by atoms with E-state index in [1.807, 2.05) is 18.2 Å². The Morgan fingerprint density at radius 2 is 1.43 bits per heavy atom. The zero-order valence-corrected chi connectivity index (χ0v) is 24.2. The number of fused-ring (bicyclic) bond motifs is 2. The molecule has 212 valence electrons. The van der Waals surface area contributed by atoms with E-state index in [1.165, 1.54) is 16.8 Å². The highest BCUT2D eigenvalue weighted by molar-refractivity contribution is 7.71. The van der Waals surface area contributed by atoms with Crippen molar-refractivity contribution in [2.45, 2.75) is 12.3 Å². The van der Waals surface area contributed by atoms with Crippen LogP contribution in [0.15, 0.2) is 97.1 Å². The first-order valence-electron chi connectivity index (χ1n) is 14.6. The van der Waals surface area contributed by atoms with E-state index in [9.17, 15) is 0 Å². The number of nitrogens with zero attached hydrogens (tertiary/aromatic N) is 3. The molecule has 2 aromatic heterocycles. The summed E-state index contributed by atoms with van der Waals surface area (Å²) in [5.74, 6) is 2.09. The normalized spacial score (nSPS) is 14.3. The monoisotopic (exact) mass is 574 g/mol. The molecule has 1 fully saturated rings. The number of aromatic amines is 3. The van der Waals surface area contributed by atoms with Crippen molar-refractivity contribution < 1.29 is 4.74 Å². The second kappa shape index (κ2) is 11.8. The first kappa shape index (κ1) is 26.5. The Labute approximate surface area is 250 Å². The van der Waals surface area contributed by atoms with Crippen LogP contribution in [0.3, 0.4) is 0 Å². The Morgan fingerprint density at radius 3 is 2.17 bits per heavy atom. The third-order valence-electron chi connectivity index (χ3n) is 8.23. The van der Waals surface area contributed by atoms with Crippen LogP contribution in [0.1, 0.15) is 22.9 Å². The summed E-state index contributed by atoms with van der Waals surface area (Å²) < 4.78 is 6.75. The summed E-state index contributed by atoms with van der Waals surface area (Å²) in [5.41, 5.74) is 7.86. The maximum atomic E-state index is 6.14. The van der Waals surface area contributed by atoms with E-state index in [-0.39, 0.29) is 5.92 Å². The van der Waals surface area contributed by atoms with Crippen LogP contribution in [-0.4, -0.2) is 64.2 Å². The number of H-pyrrole nitrogens is 3. The van der Waals surface area contributed by atoms with E-state index < -0.39 is 0 Å². The number of benzene rings is 4. The van der Waals surface area contributed by atoms with Crippen LogP contribution in [0.4, 0.5) is 5.69 Å². The van der Waals surface area contributed by atoms with Gasteiger partial charge in [-0.05, 0) is 47.6 Å². The van der Waals surface area contributed by atoms with Gasteiger partial charge in [0.2, 0.25) is 0 Å². The van der Waals surface area contributed by atoms with Gasteiger partial charge in [-0.3, -0.25) is 4.90 Å². The van der Waals surface area contributed by atoms with Gasteiger partial charge in [-0.2, -0.15) is 0 Å². The summed E-state index contributed by atoms with van der Waals surface area (Å²) >= 11 is 5.24. The van der Waals surface area contributed by atoms with E-state index >= 15 is 0 Å². The molecule has 3 N–H and O–H groups in total. The third kappa shape index (κ3) is 5.55. The third-order valence-corrected chi connectivity index (χ3v) is 8.44. The number of hydrogen-bond acceptors (Lipinski definition) is 5. The molecule has 0 aliphatic carbocycles. The van der Waals surface area contributed by atoms with Crippen LogP contribution in [0.2, 0.25) is 0 Å². The number of para-hydroxylation sites is 2. The van der Waals surface area contributed by atoms with E-state index in [2.05, 4.69) is 104 Å². The molecule has 7 nitrogen and oxygen atoms in total. The second-order valence-electron chi connectivity index (χ2n) is 10.9. The number of anilines is 1. The van der Waals surface area contributed by atoms with Gasteiger partial charge >= 0.3 is 0 Å². The zero-order chi connectivity index (χ0) is 28.3. The number of rotatable bonds is 9. The lowest BCUT2D eigenvalue weighted by atomic mass is 9.88. The first-order chi connectivity index (χ1) is 20.7. The number of nitrogens with one attached hydrogen (secondary N) is 3. The SMILES string of the molecule is S=c1[nH]c2cccc(OCCN3CCN(c4cccc5[nH]c(CC(c6ccccc6)c6ccccc6)nc45)CC3)c2[nH]1. The van der Waals surface area contributed by atoms with Crippen LogP contribution in [0, 0.1) is 4.77 Å². The van der Waals surface area contributed by atoms with Gasteiger partial charge in [0, 0.05) is 45.1 Å². The van der Waals surface area contributed by atoms with Crippen LogP contribution >= 0.6 is 12.2 Å². The number of piperazine rings is 1. The number of ether oxygens (including phenoxy) is 1. The average Bonchev–Trinajstić information content (AvgIpc) is 3.64. The van der Waals surface area contributed by atoms with Crippen molar-refractivity contribution in [3.63, 3.8) is 0 Å². The van der Waals surface area contributed by atoms with Gasteiger partial charge in [0.15, 0.2) is 4.77 Å². The van der Waals surface area contributed by atoms with Crippen LogP contribution < -0.4 is 9.64 Å². The van der Waals surface area contributed by atoms with E-state index in [0.717, 1.165) is 72.8 Å². The van der Waals surface area contributed by atoms with Gasteiger partial charge in [-0.1, -0.05) is 72.8 Å². The minimum absolute atomic E-state index is 0.239. The molecule has 0 amide bonds. The van der Waals surface area contributed by atoms with E-state index in [1.54, 1.807) is 0 Å². The highest BCUT2D eigenvalue weighted by atomic mass is 32.1. The summed E-state index contributed by atoms with van der Waals surface area (Å²) in [4.78, 5) is 20.1. The van der Waals surface area contributed by atoms with Crippen molar-refractivity contribution in [1.29, 1.82) is 0 Å². The van der Waals surface area contributed by atoms with Gasteiger partial charge in [0.1, 0.15) is 29.2 Å². The van der Waals surface area contributed by atoms with Crippen molar-refractivity contribution in [2.75, 3.05) is 44.2 Å². The Bertz CT molecular complexity index is 1800. The fourth-order valence-corrected chi connectivity index (χ4v) is 6.27. The van der Waals surface area contributed by atoms with Gasteiger partial charge in [0.25, 0.3) is 0 Å². The standard InChI is InChI=1S/C34H34N6OS/c42-34-36-28-14-8-16-30(33(28)38-34)41-22-21-39-17-19-40(20-18-39)29-15-7-13-27-32(29)37-31(35-27)23-26(24-9-3-1-4-10-24)25-11-5-2-6-12-25/h1-16,26H,17-23H2,(H,35,37)(H2,36,38,42). The van der Waals surface area contributed by atoms with Gasteiger partial charge < -0.3 is 24.6 Å². The quantitative estimate of drug-likeness (QED) is 0.168. The lowest BCUT2D eigenvalue weighted by molar-refractivity contribution is 0.201. The molecule has 7 rings (SSSR count). The van der Waals surface area contributed by atoms with Crippen molar-refractivity contribution >= 4 is 40.0 Å². The maximum absolute atomic E-state index is 6.14. The molecule has 6 aromatic rings. The fraction of sp³-hybridized carbons (Fsp3) is 0.235. The lowest BCUT2D eigenvalue weighted by Crippen LogP contribution is -2.47. The molecule has 8 heteroatoms. The molecule has 1 saturated heterocycles. The molecule has 1 aliphatic rings. The molecular weight excluding hydrogens is 540 g/mol.